The second-order valence-electron chi connectivity index (χ2n) is 7.35. The summed E-state index contributed by atoms with van der Waals surface area (Å²) in [6.07, 6.45) is 0. The molecule has 3 aromatic rings. The van der Waals surface area contributed by atoms with E-state index in [1.165, 1.54) is 4.90 Å². The Hall–Kier alpha value is -3.71. The Labute approximate surface area is 199 Å². The molecule has 7 heteroatoms. The Kier molecular flexibility index (Phi) is 6.42. The molecule has 0 aliphatic carbocycles. The maximum Gasteiger partial charge on any atom is 0.338 e. The van der Waals surface area contributed by atoms with Gasteiger partial charge in [-0.05, 0) is 48.9 Å². The number of rotatable bonds is 5. The van der Waals surface area contributed by atoms with E-state index in [0.717, 1.165) is 4.47 Å². The van der Waals surface area contributed by atoms with Gasteiger partial charge in [-0.2, -0.15) is 0 Å². The van der Waals surface area contributed by atoms with Crippen LogP contribution in [0.2, 0.25) is 0 Å². The van der Waals surface area contributed by atoms with Crippen molar-refractivity contribution < 1.29 is 24.2 Å². The van der Waals surface area contributed by atoms with Gasteiger partial charge >= 0.3 is 5.97 Å². The standard InChI is InChI=1S/C26H20BrNO5/c1-2-33-26(32)18-10-14-20(15-11-18)28-22(16-8-12-19(27)13-9-16)21(24(30)25(28)31)23(29)17-6-4-3-5-7-17/h3-15,22,29H,2H2,1H3/t22-/m0/s1. The molecular formula is C26H20BrNO5. The molecule has 1 aliphatic heterocycles. The van der Waals surface area contributed by atoms with Gasteiger partial charge in [0.2, 0.25) is 0 Å². The highest BCUT2D eigenvalue weighted by molar-refractivity contribution is 9.10. The molecule has 166 valence electrons. The van der Waals surface area contributed by atoms with Gasteiger partial charge in [-0.25, -0.2) is 4.79 Å². The van der Waals surface area contributed by atoms with Crippen LogP contribution < -0.4 is 4.90 Å². The number of nitrogens with zero attached hydrogens (tertiary/aromatic N) is 1. The monoisotopic (exact) mass is 505 g/mol. The van der Waals surface area contributed by atoms with Gasteiger partial charge in [0.1, 0.15) is 5.76 Å². The van der Waals surface area contributed by atoms with Crippen LogP contribution in [0.1, 0.15) is 34.5 Å². The van der Waals surface area contributed by atoms with Crippen molar-refractivity contribution in [2.75, 3.05) is 11.5 Å². The Morgan fingerprint density at radius 1 is 0.939 bits per heavy atom. The highest BCUT2D eigenvalue weighted by Crippen LogP contribution is 2.42. The second-order valence-corrected chi connectivity index (χ2v) is 8.27. The van der Waals surface area contributed by atoms with E-state index in [1.807, 2.05) is 12.1 Å². The molecule has 3 aromatic carbocycles. The Bertz CT molecular complexity index is 1230. The molecule has 1 amide bonds. The lowest BCUT2D eigenvalue weighted by Gasteiger charge is -2.25. The number of hydrogen-bond donors (Lipinski definition) is 1. The summed E-state index contributed by atoms with van der Waals surface area (Å²) in [5.74, 6) is -2.25. The van der Waals surface area contributed by atoms with E-state index in [2.05, 4.69) is 15.9 Å². The van der Waals surface area contributed by atoms with Gasteiger partial charge in [0, 0.05) is 15.7 Å². The van der Waals surface area contributed by atoms with E-state index in [9.17, 15) is 19.5 Å². The molecule has 1 fully saturated rings. The van der Waals surface area contributed by atoms with Gasteiger partial charge in [-0.1, -0.05) is 58.4 Å². The van der Waals surface area contributed by atoms with Gasteiger partial charge < -0.3 is 9.84 Å². The summed E-state index contributed by atoms with van der Waals surface area (Å²) < 4.78 is 5.85. The highest BCUT2D eigenvalue weighted by atomic mass is 79.9. The van der Waals surface area contributed by atoms with Crippen molar-refractivity contribution in [2.24, 2.45) is 0 Å². The number of carbonyl (C=O) groups excluding carboxylic acids is 3. The van der Waals surface area contributed by atoms with Crippen molar-refractivity contribution >= 4 is 45.0 Å². The van der Waals surface area contributed by atoms with Crippen LogP contribution in [0.4, 0.5) is 5.69 Å². The summed E-state index contributed by atoms with van der Waals surface area (Å²) in [7, 11) is 0. The number of esters is 1. The molecule has 0 radical (unpaired) electrons. The van der Waals surface area contributed by atoms with Crippen LogP contribution >= 0.6 is 15.9 Å². The molecule has 0 aromatic heterocycles. The predicted molar refractivity (Wildman–Crippen MR) is 128 cm³/mol. The van der Waals surface area contributed by atoms with Crippen LogP contribution in [-0.2, 0) is 14.3 Å². The highest BCUT2D eigenvalue weighted by Gasteiger charge is 2.46. The first-order valence-electron chi connectivity index (χ1n) is 10.3. The molecule has 1 atom stereocenters. The molecule has 1 heterocycles. The van der Waals surface area contributed by atoms with Crippen LogP contribution in [0.3, 0.4) is 0 Å². The van der Waals surface area contributed by atoms with Crippen LogP contribution in [0.15, 0.2) is 88.9 Å². The topological polar surface area (TPSA) is 83.9 Å². The summed E-state index contributed by atoms with van der Waals surface area (Å²) >= 11 is 3.40. The fraction of sp³-hybridized carbons (Fsp3) is 0.115. The zero-order valence-corrected chi connectivity index (χ0v) is 19.3. The van der Waals surface area contributed by atoms with Gasteiger partial charge in [0.05, 0.1) is 23.8 Å². The molecule has 0 bridgehead atoms. The third kappa shape index (κ3) is 4.32. The normalized spacial score (nSPS) is 17.3. The van der Waals surface area contributed by atoms with E-state index in [-0.39, 0.29) is 17.9 Å². The zero-order valence-electron chi connectivity index (χ0n) is 17.7. The lowest BCUT2D eigenvalue weighted by Crippen LogP contribution is -2.29. The Morgan fingerprint density at radius 2 is 1.58 bits per heavy atom. The van der Waals surface area contributed by atoms with Crippen LogP contribution in [0.25, 0.3) is 5.76 Å². The first kappa shape index (κ1) is 22.5. The molecule has 1 aliphatic rings. The third-order valence-electron chi connectivity index (χ3n) is 5.33. The average Bonchev–Trinajstić information content (AvgIpc) is 3.10. The van der Waals surface area contributed by atoms with Gasteiger partial charge in [-0.15, -0.1) is 0 Å². The van der Waals surface area contributed by atoms with Crippen LogP contribution in [0.5, 0.6) is 0 Å². The molecule has 33 heavy (non-hydrogen) atoms. The number of carbonyl (C=O) groups is 3. The lowest BCUT2D eigenvalue weighted by atomic mass is 9.95. The minimum atomic E-state index is -0.841. The van der Waals surface area contributed by atoms with Gasteiger partial charge in [-0.3, -0.25) is 14.5 Å². The SMILES string of the molecule is CCOC(=O)c1ccc(N2C(=O)C(=O)C(=C(O)c3ccccc3)[C@@H]2c2ccc(Br)cc2)cc1. The minimum Gasteiger partial charge on any atom is -0.507 e. The fourth-order valence-electron chi connectivity index (χ4n) is 3.78. The maximum atomic E-state index is 13.2. The number of aliphatic hydroxyl groups is 1. The molecule has 0 spiro atoms. The number of benzene rings is 3. The van der Waals surface area contributed by atoms with E-state index in [4.69, 9.17) is 4.74 Å². The molecule has 4 rings (SSSR count). The summed E-state index contributed by atoms with van der Waals surface area (Å²) in [4.78, 5) is 39.6. The second kappa shape index (κ2) is 9.42. The Morgan fingerprint density at radius 3 is 2.18 bits per heavy atom. The van der Waals surface area contributed by atoms with Crippen LogP contribution in [-0.4, -0.2) is 29.4 Å². The fourth-order valence-corrected chi connectivity index (χ4v) is 4.05. The smallest absolute Gasteiger partial charge is 0.338 e. The largest absolute Gasteiger partial charge is 0.507 e. The average molecular weight is 506 g/mol. The van der Waals surface area contributed by atoms with Crippen molar-refractivity contribution in [2.45, 2.75) is 13.0 Å². The van der Waals surface area contributed by atoms with Crippen molar-refractivity contribution in [3.63, 3.8) is 0 Å². The first-order valence-corrected chi connectivity index (χ1v) is 11.1. The van der Waals surface area contributed by atoms with E-state index >= 15 is 0 Å². The molecular weight excluding hydrogens is 486 g/mol. The van der Waals surface area contributed by atoms with Crippen molar-refractivity contribution in [1.29, 1.82) is 0 Å². The number of halogens is 1. The summed E-state index contributed by atoms with van der Waals surface area (Å²) in [6, 6.07) is 21.3. The number of aliphatic hydroxyl groups excluding tert-OH is 1. The van der Waals surface area contributed by atoms with Crippen LogP contribution in [0, 0.1) is 0 Å². The molecule has 6 nitrogen and oxygen atoms in total. The number of anilines is 1. The summed E-state index contributed by atoms with van der Waals surface area (Å²) in [5.41, 5.74) is 1.86. The van der Waals surface area contributed by atoms with E-state index in [1.54, 1.807) is 73.7 Å². The summed E-state index contributed by atoms with van der Waals surface area (Å²) in [6.45, 7) is 1.97. The number of Topliss-reactive ketones (excluding diaryl/α,β-unsaturated/α-hetero) is 1. The van der Waals surface area contributed by atoms with Crippen molar-refractivity contribution in [3.05, 3.63) is 106 Å². The summed E-state index contributed by atoms with van der Waals surface area (Å²) in [5, 5.41) is 11.0. The lowest BCUT2D eigenvalue weighted by molar-refractivity contribution is -0.132. The number of ether oxygens (including phenoxy) is 1. The molecule has 1 N–H and O–H groups in total. The predicted octanol–water partition coefficient (Wildman–Crippen LogP) is 5.25. The third-order valence-corrected chi connectivity index (χ3v) is 5.86. The number of amides is 1. The first-order chi connectivity index (χ1) is 15.9. The Balaban J connectivity index is 1.85. The van der Waals surface area contributed by atoms with Gasteiger partial charge in [0.25, 0.3) is 11.7 Å². The molecule has 1 saturated heterocycles. The molecule has 0 unspecified atom stereocenters. The van der Waals surface area contributed by atoms with Gasteiger partial charge in [0.15, 0.2) is 0 Å². The van der Waals surface area contributed by atoms with E-state index in [0.29, 0.717) is 22.4 Å². The maximum absolute atomic E-state index is 13.2. The van der Waals surface area contributed by atoms with Crippen molar-refractivity contribution in [1.82, 2.24) is 0 Å². The minimum absolute atomic E-state index is 0.00277. The number of ketones is 1. The van der Waals surface area contributed by atoms with Crippen molar-refractivity contribution in [3.8, 4) is 0 Å². The number of hydrogen-bond acceptors (Lipinski definition) is 5. The zero-order chi connectivity index (χ0) is 23.5. The van der Waals surface area contributed by atoms with E-state index < -0.39 is 23.7 Å². The quantitative estimate of drug-likeness (QED) is 0.221. The molecule has 0 saturated carbocycles.